The Morgan fingerprint density at radius 2 is 2.12 bits per heavy atom. The van der Waals surface area contributed by atoms with Gasteiger partial charge in [-0.3, -0.25) is 0 Å². The summed E-state index contributed by atoms with van der Waals surface area (Å²) in [4.78, 5) is 13.6. The fraction of sp³-hybridized carbons (Fsp3) is 0.750. The van der Waals surface area contributed by atoms with Gasteiger partial charge in [-0.05, 0) is 27.7 Å². The molecule has 1 amide bonds. The number of carbonyl (C=O) groups is 1. The molecule has 4 nitrogen and oxygen atoms in total. The number of carbonyl (C=O) groups excluding carboxylic acids is 1. The molecule has 0 radical (unpaired) electrons. The van der Waals surface area contributed by atoms with Crippen molar-refractivity contribution < 1.29 is 9.53 Å². The summed E-state index contributed by atoms with van der Waals surface area (Å²) >= 11 is 0. The van der Waals surface area contributed by atoms with Crippen LogP contribution in [0.4, 0.5) is 4.79 Å². The first-order valence-corrected chi connectivity index (χ1v) is 5.75. The summed E-state index contributed by atoms with van der Waals surface area (Å²) in [7, 11) is 0. The molecular formula is C12H22N2O2. The maximum atomic E-state index is 11.9. The van der Waals surface area contributed by atoms with Gasteiger partial charge in [0.25, 0.3) is 0 Å². The highest BCUT2D eigenvalue weighted by Crippen LogP contribution is 2.10. The summed E-state index contributed by atoms with van der Waals surface area (Å²) in [6.07, 6.45) is 3.78. The van der Waals surface area contributed by atoms with E-state index < -0.39 is 5.60 Å². The molecule has 0 aromatic carbocycles. The third kappa shape index (κ3) is 4.66. The normalized spacial score (nSPS) is 22.5. The number of amides is 1. The summed E-state index contributed by atoms with van der Waals surface area (Å²) in [5.41, 5.74) is -0.431. The predicted octanol–water partition coefficient (Wildman–Crippen LogP) is 1.77. The van der Waals surface area contributed by atoms with Gasteiger partial charge in [-0.1, -0.05) is 12.2 Å². The summed E-state index contributed by atoms with van der Waals surface area (Å²) in [6, 6.07) is 0.289. The van der Waals surface area contributed by atoms with Gasteiger partial charge >= 0.3 is 6.09 Å². The molecule has 92 valence electrons. The van der Waals surface area contributed by atoms with E-state index in [-0.39, 0.29) is 12.1 Å². The molecule has 0 spiro atoms. The van der Waals surface area contributed by atoms with Crippen LogP contribution in [0, 0.1) is 0 Å². The van der Waals surface area contributed by atoms with Crippen LogP contribution in [0.3, 0.4) is 0 Å². The van der Waals surface area contributed by atoms with Gasteiger partial charge in [0.1, 0.15) is 5.60 Å². The van der Waals surface area contributed by atoms with E-state index in [1.807, 2.05) is 32.9 Å². The van der Waals surface area contributed by atoms with E-state index in [4.69, 9.17) is 4.74 Å². The largest absolute Gasteiger partial charge is 0.444 e. The molecule has 1 aliphatic heterocycles. The number of rotatable bonds is 0. The van der Waals surface area contributed by atoms with Crippen LogP contribution < -0.4 is 5.32 Å². The maximum absolute atomic E-state index is 11.9. The lowest BCUT2D eigenvalue weighted by Crippen LogP contribution is -2.45. The minimum atomic E-state index is -0.431. The third-order valence-electron chi connectivity index (χ3n) is 2.22. The minimum absolute atomic E-state index is 0.243. The van der Waals surface area contributed by atoms with Gasteiger partial charge in [0, 0.05) is 25.7 Å². The fourth-order valence-corrected chi connectivity index (χ4v) is 1.50. The van der Waals surface area contributed by atoms with E-state index in [1.54, 1.807) is 4.90 Å². The van der Waals surface area contributed by atoms with Crippen molar-refractivity contribution in [3.63, 3.8) is 0 Å². The highest BCUT2D eigenvalue weighted by molar-refractivity contribution is 5.68. The van der Waals surface area contributed by atoms with Crippen LogP contribution >= 0.6 is 0 Å². The Kier molecular flexibility index (Phi) is 4.35. The van der Waals surface area contributed by atoms with Gasteiger partial charge in [0.2, 0.25) is 0 Å². The zero-order valence-corrected chi connectivity index (χ0v) is 10.6. The molecule has 1 atom stereocenters. The Balaban J connectivity index is 2.58. The second-order valence-electron chi connectivity index (χ2n) is 5.17. The molecule has 4 heteroatoms. The van der Waals surface area contributed by atoms with E-state index >= 15 is 0 Å². The Morgan fingerprint density at radius 3 is 2.75 bits per heavy atom. The molecule has 0 aromatic heterocycles. The number of hydrogen-bond donors (Lipinski definition) is 1. The van der Waals surface area contributed by atoms with Crippen LogP contribution in [0.15, 0.2) is 12.2 Å². The van der Waals surface area contributed by atoms with Crippen molar-refractivity contribution in [1.29, 1.82) is 0 Å². The summed E-state index contributed by atoms with van der Waals surface area (Å²) in [5.74, 6) is 0. The summed E-state index contributed by atoms with van der Waals surface area (Å²) in [5, 5.41) is 3.30. The van der Waals surface area contributed by atoms with Crippen LogP contribution in [0.5, 0.6) is 0 Å². The Bertz CT molecular complexity index is 269. The average molecular weight is 226 g/mol. The first-order valence-electron chi connectivity index (χ1n) is 5.75. The van der Waals surface area contributed by atoms with Gasteiger partial charge in [-0.25, -0.2) is 4.79 Å². The summed E-state index contributed by atoms with van der Waals surface area (Å²) in [6.45, 7) is 9.88. The highest BCUT2D eigenvalue weighted by atomic mass is 16.6. The lowest BCUT2D eigenvalue weighted by Gasteiger charge is -2.29. The first-order chi connectivity index (χ1) is 7.38. The van der Waals surface area contributed by atoms with Crippen LogP contribution in [-0.2, 0) is 4.74 Å². The van der Waals surface area contributed by atoms with E-state index in [2.05, 4.69) is 12.2 Å². The van der Waals surface area contributed by atoms with Crippen LogP contribution in [-0.4, -0.2) is 42.3 Å². The molecule has 1 N–H and O–H groups in total. The number of ether oxygens (including phenoxy) is 1. The molecule has 0 aromatic rings. The molecular weight excluding hydrogens is 204 g/mol. The van der Waals surface area contributed by atoms with Gasteiger partial charge in [-0.15, -0.1) is 0 Å². The number of hydrogen-bond acceptors (Lipinski definition) is 3. The second-order valence-corrected chi connectivity index (χ2v) is 5.17. The maximum Gasteiger partial charge on any atom is 0.410 e. The van der Waals surface area contributed by atoms with Crippen molar-refractivity contribution in [3.8, 4) is 0 Å². The summed E-state index contributed by atoms with van der Waals surface area (Å²) < 4.78 is 5.35. The Labute approximate surface area is 97.6 Å². The highest BCUT2D eigenvalue weighted by Gasteiger charge is 2.22. The van der Waals surface area contributed by atoms with Crippen LogP contribution in [0.2, 0.25) is 0 Å². The van der Waals surface area contributed by atoms with Crippen LogP contribution in [0.25, 0.3) is 0 Å². The molecule has 16 heavy (non-hydrogen) atoms. The van der Waals surface area contributed by atoms with Crippen molar-refractivity contribution in [2.45, 2.75) is 39.3 Å². The lowest BCUT2D eigenvalue weighted by molar-refractivity contribution is 0.0256. The van der Waals surface area contributed by atoms with Gasteiger partial charge in [-0.2, -0.15) is 0 Å². The Morgan fingerprint density at radius 1 is 1.44 bits per heavy atom. The van der Waals surface area contributed by atoms with Crippen molar-refractivity contribution in [3.05, 3.63) is 12.2 Å². The molecule has 0 aliphatic carbocycles. The molecule has 0 bridgehead atoms. The molecule has 1 aliphatic rings. The standard InChI is InChI=1S/C12H22N2O2/c1-10-9-14(8-6-5-7-13-10)11(15)16-12(2,3)4/h5-6,10,13H,7-9H2,1-4H3. The predicted molar refractivity (Wildman–Crippen MR) is 64.4 cm³/mol. The topological polar surface area (TPSA) is 41.6 Å². The Hall–Kier alpha value is -1.03. The van der Waals surface area contributed by atoms with Crippen molar-refractivity contribution >= 4 is 6.09 Å². The monoisotopic (exact) mass is 226 g/mol. The first kappa shape index (κ1) is 13.0. The average Bonchev–Trinajstić information content (AvgIpc) is 2.07. The SMILES string of the molecule is CC1CN(C(=O)OC(C)(C)C)CC=CCN1. The van der Waals surface area contributed by atoms with Crippen LogP contribution in [0.1, 0.15) is 27.7 Å². The van der Waals surface area contributed by atoms with Gasteiger partial charge < -0.3 is 15.0 Å². The third-order valence-corrected chi connectivity index (χ3v) is 2.22. The van der Waals surface area contributed by atoms with E-state index in [9.17, 15) is 4.79 Å². The molecule has 0 saturated heterocycles. The van der Waals surface area contributed by atoms with Gasteiger partial charge in [0.05, 0.1) is 0 Å². The number of nitrogens with one attached hydrogen (secondary N) is 1. The quantitative estimate of drug-likeness (QED) is 0.640. The zero-order chi connectivity index (χ0) is 12.2. The van der Waals surface area contributed by atoms with Gasteiger partial charge in [0.15, 0.2) is 0 Å². The van der Waals surface area contributed by atoms with E-state index in [0.717, 1.165) is 6.54 Å². The zero-order valence-electron chi connectivity index (χ0n) is 10.6. The fourth-order valence-electron chi connectivity index (χ4n) is 1.50. The molecule has 0 saturated carbocycles. The molecule has 0 fully saturated rings. The smallest absolute Gasteiger partial charge is 0.410 e. The van der Waals surface area contributed by atoms with E-state index in [0.29, 0.717) is 13.1 Å². The van der Waals surface area contributed by atoms with E-state index in [1.165, 1.54) is 0 Å². The molecule has 1 heterocycles. The molecule has 1 unspecified atom stereocenters. The van der Waals surface area contributed by atoms with Crippen molar-refractivity contribution in [1.82, 2.24) is 10.2 Å². The second kappa shape index (κ2) is 5.34. The minimum Gasteiger partial charge on any atom is -0.444 e. The van der Waals surface area contributed by atoms with Crippen molar-refractivity contribution in [2.24, 2.45) is 0 Å². The lowest BCUT2D eigenvalue weighted by atomic mass is 10.2. The van der Waals surface area contributed by atoms with Crippen molar-refractivity contribution in [2.75, 3.05) is 19.6 Å². The molecule has 1 rings (SSSR count). The number of nitrogens with zero attached hydrogens (tertiary/aromatic N) is 1.